The molecule has 0 unspecified atom stereocenters. The molecule has 0 bridgehead atoms. The number of nitrogens with two attached hydrogens (primary N) is 1. The molecule has 15 heteroatoms. The molecule has 0 aromatic heterocycles. The van der Waals surface area contributed by atoms with Gasteiger partial charge in [-0.1, -0.05) is 25.5 Å². The van der Waals surface area contributed by atoms with Gasteiger partial charge in [0.15, 0.2) is 9.84 Å². The van der Waals surface area contributed by atoms with Crippen molar-refractivity contribution < 1.29 is 49.4 Å². The number of alkyl halides is 3. The SMILES string of the molecule is CCCCS(=O)(=O)C[C@@H](NC(=O)OC)C(=O)O[C@H](CNC1(c2cccc(C(F)(F)F)c2)CC1)[C@@H](N)Cc1cc(F)cc(F)c1. The molecule has 9 nitrogen and oxygen atoms in total. The zero-order valence-corrected chi connectivity index (χ0v) is 25.1. The number of hydrogen-bond acceptors (Lipinski definition) is 8. The van der Waals surface area contributed by atoms with E-state index in [2.05, 4.69) is 15.4 Å². The minimum absolute atomic E-state index is 0.140. The van der Waals surface area contributed by atoms with Crippen molar-refractivity contribution in [2.45, 2.75) is 68.9 Å². The highest BCUT2D eigenvalue weighted by Gasteiger charge is 2.46. The molecule has 1 amide bonds. The summed E-state index contributed by atoms with van der Waals surface area (Å²) in [6.07, 6.45) is -5.30. The molecule has 3 atom stereocenters. The lowest BCUT2D eigenvalue weighted by atomic mass is 9.99. The van der Waals surface area contributed by atoms with Crippen molar-refractivity contribution in [2.24, 2.45) is 5.73 Å². The van der Waals surface area contributed by atoms with E-state index < -0.39 is 74.8 Å². The number of nitrogens with one attached hydrogen (secondary N) is 2. The first-order chi connectivity index (χ1) is 20.6. The number of carbonyl (C=O) groups excluding carboxylic acids is 2. The lowest BCUT2D eigenvalue weighted by Gasteiger charge is -2.29. The lowest BCUT2D eigenvalue weighted by Crippen LogP contribution is -2.52. The molecule has 0 radical (unpaired) electrons. The number of sulfone groups is 1. The van der Waals surface area contributed by atoms with Gasteiger partial charge in [-0.25, -0.2) is 26.8 Å². The van der Waals surface area contributed by atoms with Crippen LogP contribution in [0.15, 0.2) is 42.5 Å². The topological polar surface area (TPSA) is 137 Å². The molecule has 1 aliphatic carbocycles. The van der Waals surface area contributed by atoms with Gasteiger partial charge in [-0.05, 0) is 61.1 Å². The molecule has 0 spiro atoms. The molecular weight excluding hydrogens is 613 g/mol. The van der Waals surface area contributed by atoms with Crippen molar-refractivity contribution in [3.8, 4) is 0 Å². The quantitative estimate of drug-likeness (QED) is 0.195. The average molecular weight is 650 g/mol. The van der Waals surface area contributed by atoms with Gasteiger partial charge in [-0.3, -0.25) is 0 Å². The van der Waals surface area contributed by atoms with E-state index in [0.717, 1.165) is 31.4 Å². The Kier molecular flexibility index (Phi) is 11.7. The molecule has 4 N–H and O–H groups in total. The lowest BCUT2D eigenvalue weighted by molar-refractivity contribution is -0.152. The molecule has 0 aliphatic heterocycles. The van der Waals surface area contributed by atoms with Gasteiger partial charge in [0.1, 0.15) is 23.8 Å². The highest BCUT2D eigenvalue weighted by atomic mass is 32.2. The first kappa shape index (κ1) is 35.2. The summed E-state index contributed by atoms with van der Waals surface area (Å²) >= 11 is 0. The standard InChI is InChI=1S/C29H36F5N3O6S/c1-3-4-10-44(40,41)17-24(37-27(39)42-2)26(38)43-25(23(35)13-18-11-21(30)15-22(31)12-18)16-36-28(8-9-28)19-6-5-7-20(14-19)29(32,33)34/h5-7,11-12,14-15,23-25,36H,3-4,8-10,13,16-17,35H2,1-2H3,(H,37,39)/t23-,24+,25+/m0/s1. The van der Waals surface area contributed by atoms with E-state index >= 15 is 0 Å². The maximum atomic E-state index is 13.8. The Morgan fingerprint density at radius 1 is 1.09 bits per heavy atom. The second-order valence-electron chi connectivity index (χ2n) is 10.8. The van der Waals surface area contributed by atoms with Gasteiger partial charge >= 0.3 is 18.2 Å². The molecule has 1 aliphatic rings. The van der Waals surface area contributed by atoms with Crippen LogP contribution in [-0.4, -0.2) is 63.8 Å². The van der Waals surface area contributed by atoms with Crippen molar-refractivity contribution in [1.82, 2.24) is 10.6 Å². The maximum Gasteiger partial charge on any atom is 0.416 e. The number of ether oxygens (including phenoxy) is 2. The Balaban J connectivity index is 1.86. The van der Waals surface area contributed by atoms with Gasteiger partial charge in [0, 0.05) is 24.2 Å². The average Bonchev–Trinajstić information content (AvgIpc) is 3.73. The molecule has 244 valence electrons. The molecule has 2 aromatic rings. The van der Waals surface area contributed by atoms with Crippen LogP contribution < -0.4 is 16.4 Å². The minimum atomic E-state index is -4.56. The third kappa shape index (κ3) is 10.1. The Morgan fingerprint density at radius 3 is 2.32 bits per heavy atom. The summed E-state index contributed by atoms with van der Waals surface area (Å²) in [5.41, 5.74) is 5.12. The second kappa shape index (κ2) is 14.7. The first-order valence-electron chi connectivity index (χ1n) is 14.0. The molecule has 3 rings (SSSR count). The maximum absolute atomic E-state index is 13.8. The zero-order valence-electron chi connectivity index (χ0n) is 24.3. The van der Waals surface area contributed by atoms with Crippen molar-refractivity contribution >= 4 is 21.9 Å². The van der Waals surface area contributed by atoms with Crippen molar-refractivity contribution in [1.29, 1.82) is 0 Å². The summed E-state index contributed by atoms with van der Waals surface area (Å²) in [6, 6.07) is 4.75. The zero-order chi connectivity index (χ0) is 32.7. The number of carbonyl (C=O) groups is 2. The van der Waals surface area contributed by atoms with Crippen LogP contribution in [0.1, 0.15) is 49.3 Å². The van der Waals surface area contributed by atoms with Crippen LogP contribution in [0.25, 0.3) is 0 Å². The Hall–Kier alpha value is -3.30. The largest absolute Gasteiger partial charge is 0.458 e. The highest BCUT2D eigenvalue weighted by molar-refractivity contribution is 7.91. The fraction of sp³-hybridized carbons (Fsp3) is 0.517. The second-order valence-corrected chi connectivity index (χ2v) is 13.0. The van der Waals surface area contributed by atoms with Crippen LogP contribution in [-0.2, 0) is 42.2 Å². The summed E-state index contributed by atoms with van der Waals surface area (Å²) in [4.78, 5) is 25.2. The normalized spacial score (nSPS) is 16.5. The van der Waals surface area contributed by atoms with E-state index in [1.54, 1.807) is 6.92 Å². The summed E-state index contributed by atoms with van der Waals surface area (Å²) in [7, 11) is -2.81. The summed E-state index contributed by atoms with van der Waals surface area (Å²) in [5, 5.41) is 5.28. The number of rotatable bonds is 15. The predicted molar refractivity (Wildman–Crippen MR) is 151 cm³/mol. The Labute approximate surface area is 252 Å². The van der Waals surface area contributed by atoms with Crippen LogP contribution in [0, 0.1) is 11.6 Å². The van der Waals surface area contributed by atoms with E-state index in [4.69, 9.17) is 10.5 Å². The van der Waals surface area contributed by atoms with Crippen LogP contribution in [0.5, 0.6) is 0 Å². The Bertz CT molecular complexity index is 1400. The predicted octanol–water partition coefficient (Wildman–Crippen LogP) is 3.98. The smallest absolute Gasteiger partial charge is 0.416 e. The number of alkyl carbamates (subject to hydrolysis) is 1. The third-order valence-corrected chi connectivity index (χ3v) is 9.02. The molecule has 1 fully saturated rings. The summed E-state index contributed by atoms with van der Waals surface area (Å²) < 4.78 is 103. The highest BCUT2D eigenvalue weighted by Crippen LogP contribution is 2.46. The third-order valence-electron chi connectivity index (χ3n) is 7.26. The molecule has 0 saturated heterocycles. The van der Waals surface area contributed by atoms with Gasteiger partial charge in [-0.2, -0.15) is 13.2 Å². The summed E-state index contributed by atoms with van der Waals surface area (Å²) in [5.74, 6) is -3.92. The molecular formula is C29H36F5N3O6S. The minimum Gasteiger partial charge on any atom is -0.458 e. The molecule has 0 heterocycles. The fourth-order valence-electron chi connectivity index (χ4n) is 4.70. The number of hydrogen-bond donors (Lipinski definition) is 3. The van der Waals surface area contributed by atoms with E-state index in [9.17, 15) is 40.0 Å². The number of methoxy groups -OCH3 is 1. The first-order valence-corrected chi connectivity index (χ1v) is 15.8. The van der Waals surface area contributed by atoms with Crippen LogP contribution in [0.2, 0.25) is 0 Å². The van der Waals surface area contributed by atoms with Gasteiger partial charge in [0.2, 0.25) is 0 Å². The van der Waals surface area contributed by atoms with Crippen molar-refractivity contribution in [2.75, 3.05) is 25.2 Å². The van der Waals surface area contributed by atoms with Crippen LogP contribution in [0.3, 0.4) is 0 Å². The van der Waals surface area contributed by atoms with Crippen molar-refractivity contribution in [3.63, 3.8) is 0 Å². The number of esters is 1. The van der Waals surface area contributed by atoms with Gasteiger partial charge in [-0.15, -0.1) is 0 Å². The van der Waals surface area contributed by atoms with Crippen LogP contribution in [0.4, 0.5) is 26.7 Å². The van der Waals surface area contributed by atoms with Crippen LogP contribution >= 0.6 is 0 Å². The number of benzene rings is 2. The van der Waals surface area contributed by atoms with E-state index in [0.29, 0.717) is 37.3 Å². The van der Waals surface area contributed by atoms with E-state index in [-0.39, 0.29) is 24.3 Å². The molecule has 2 aromatic carbocycles. The molecule has 1 saturated carbocycles. The van der Waals surface area contributed by atoms with Gasteiger partial charge < -0.3 is 25.8 Å². The van der Waals surface area contributed by atoms with Crippen molar-refractivity contribution in [3.05, 3.63) is 70.8 Å². The number of unbranched alkanes of at least 4 members (excludes halogenated alkanes) is 1. The number of amides is 1. The molecule has 44 heavy (non-hydrogen) atoms. The summed E-state index contributed by atoms with van der Waals surface area (Å²) in [6.45, 7) is 1.57. The Morgan fingerprint density at radius 2 is 1.75 bits per heavy atom. The number of halogens is 5. The van der Waals surface area contributed by atoms with Gasteiger partial charge in [0.05, 0.1) is 24.2 Å². The van der Waals surface area contributed by atoms with E-state index in [1.807, 2.05) is 0 Å². The fourth-order valence-corrected chi connectivity index (χ4v) is 6.32. The van der Waals surface area contributed by atoms with E-state index in [1.165, 1.54) is 12.1 Å². The monoisotopic (exact) mass is 649 g/mol. The van der Waals surface area contributed by atoms with Gasteiger partial charge in [0.25, 0.3) is 0 Å².